The molecule has 0 radical (unpaired) electrons. The van der Waals surface area contributed by atoms with Gasteiger partial charge in [0.15, 0.2) is 11.5 Å². The molecule has 2 aromatic carbocycles. The van der Waals surface area contributed by atoms with Gasteiger partial charge < -0.3 is 34.4 Å². The van der Waals surface area contributed by atoms with Crippen molar-refractivity contribution in [1.29, 1.82) is 0 Å². The molecule has 4 heterocycles. The third-order valence-electron chi connectivity index (χ3n) is 6.82. The first-order chi connectivity index (χ1) is 18.9. The zero-order chi connectivity index (χ0) is 27.1. The van der Waals surface area contributed by atoms with E-state index in [4.69, 9.17) is 23.9 Å². The van der Waals surface area contributed by atoms with Gasteiger partial charge in [-0.25, -0.2) is 4.98 Å². The number of likely N-dealkylation sites (tertiary alicyclic amines) is 1. The lowest BCUT2D eigenvalue weighted by molar-refractivity contribution is 0.161. The van der Waals surface area contributed by atoms with Gasteiger partial charge in [-0.3, -0.25) is 0 Å². The molecule has 3 aromatic heterocycles. The van der Waals surface area contributed by atoms with Crippen molar-refractivity contribution >= 4 is 33.8 Å². The van der Waals surface area contributed by atoms with Crippen LogP contribution < -0.4 is 20.1 Å². The Labute approximate surface area is 226 Å². The van der Waals surface area contributed by atoms with E-state index in [0.717, 1.165) is 64.2 Å². The van der Waals surface area contributed by atoms with Crippen LogP contribution in [0.25, 0.3) is 33.3 Å². The molecule has 39 heavy (non-hydrogen) atoms. The molecule has 202 valence electrons. The molecular formula is C29H33N7O3. The average molecular weight is 528 g/mol. The van der Waals surface area contributed by atoms with Crippen molar-refractivity contribution in [3.8, 4) is 22.8 Å². The van der Waals surface area contributed by atoms with E-state index >= 15 is 0 Å². The van der Waals surface area contributed by atoms with Crippen molar-refractivity contribution in [3.63, 3.8) is 0 Å². The highest BCUT2D eigenvalue weighted by Gasteiger charge is 2.22. The Morgan fingerprint density at radius 1 is 1.13 bits per heavy atom. The van der Waals surface area contributed by atoms with Crippen LogP contribution in [0.4, 0.5) is 11.6 Å². The van der Waals surface area contributed by atoms with Gasteiger partial charge in [0.25, 0.3) is 0 Å². The summed E-state index contributed by atoms with van der Waals surface area (Å²) in [6, 6.07) is 12.6. The number of nitrogens with one attached hydrogen (secondary N) is 3. The van der Waals surface area contributed by atoms with Crippen LogP contribution in [0.1, 0.15) is 25.3 Å². The topological polar surface area (TPSA) is 113 Å². The average Bonchev–Trinajstić information content (AvgIpc) is 3.48. The van der Waals surface area contributed by atoms with Crippen LogP contribution in [-0.2, 0) is 6.54 Å². The second-order valence-electron chi connectivity index (χ2n) is 10.3. The predicted octanol–water partition coefficient (Wildman–Crippen LogP) is 5.02. The summed E-state index contributed by atoms with van der Waals surface area (Å²) in [4.78, 5) is 19.5. The fourth-order valence-electron chi connectivity index (χ4n) is 4.96. The number of likely N-dealkylation sites (N-methyl/N-ethyl adjacent to an activating group) is 1. The highest BCUT2D eigenvalue weighted by molar-refractivity contribution is 5.99. The van der Waals surface area contributed by atoms with Crippen molar-refractivity contribution in [2.24, 2.45) is 0 Å². The smallest absolute Gasteiger partial charge is 0.232 e. The number of fused-ring (bicyclic) bond motifs is 2. The van der Waals surface area contributed by atoms with Gasteiger partial charge >= 0.3 is 0 Å². The van der Waals surface area contributed by atoms with E-state index in [1.54, 1.807) is 7.11 Å². The van der Waals surface area contributed by atoms with Gasteiger partial charge in [0, 0.05) is 44.4 Å². The van der Waals surface area contributed by atoms with Crippen LogP contribution in [0, 0.1) is 6.92 Å². The molecule has 0 bridgehead atoms. The summed E-state index contributed by atoms with van der Waals surface area (Å²) in [5.41, 5.74) is 6.03. The third kappa shape index (κ3) is 5.13. The van der Waals surface area contributed by atoms with E-state index in [-0.39, 0.29) is 6.10 Å². The number of aromatic amines is 1. The predicted molar refractivity (Wildman–Crippen MR) is 152 cm³/mol. The van der Waals surface area contributed by atoms with E-state index < -0.39 is 0 Å². The molecule has 0 atom stereocenters. The molecule has 10 heteroatoms. The molecule has 0 aliphatic carbocycles. The van der Waals surface area contributed by atoms with E-state index in [2.05, 4.69) is 38.6 Å². The lowest BCUT2D eigenvalue weighted by Crippen LogP contribution is -2.55. The number of hydrogen-bond donors (Lipinski definition) is 3. The number of methoxy groups -OCH3 is 1. The SMILES string of the molecule is COc1cc(CNC2CN(C)C2)ccc1Nc1nc(OC(C)C)c2c(-c3ccc4nc(C)oc4c3)c[nH]c2n1. The van der Waals surface area contributed by atoms with Gasteiger partial charge in [-0.15, -0.1) is 0 Å². The molecule has 10 nitrogen and oxygen atoms in total. The van der Waals surface area contributed by atoms with Crippen LogP contribution in [0.5, 0.6) is 11.6 Å². The highest BCUT2D eigenvalue weighted by atomic mass is 16.5. The van der Waals surface area contributed by atoms with E-state index in [1.807, 2.05) is 57.3 Å². The Hall–Kier alpha value is -4.15. The van der Waals surface area contributed by atoms with E-state index in [0.29, 0.717) is 29.4 Å². The highest BCUT2D eigenvalue weighted by Crippen LogP contribution is 2.37. The molecule has 0 spiro atoms. The van der Waals surface area contributed by atoms with E-state index in [9.17, 15) is 0 Å². The maximum atomic E-state index is 6.18. The minimum Gasteiger partial charge on any atom is -0.495 e. The van der Waals surface area contributed by atoms with Crippen LogP contribution >= 0.6 is 0 Å². The number of H-pyrrole nitrogens is 1. The van der Waals surface area contributed by atoms with Gasteiger partial charge in [0.05, 0.1) is 24.3 Å². The second kappa shape index (κ2) is 10.2. The number of aryl methyl sites for hydroxylation is 1. The number of hydrogen-bond acceptors (Lipinski definition) is 9. The molecule has 0 saturated carbocycles. The fraction of sp³-hybridized carbons (Fsp3) is 0.345. The van der Waals surface area contributed by atoms with Crippen LogP contribution in [0.3, 0.4) is 0 Å². The van der Waals surface area contributed by atoms with E-state index in [1.165, 1.54) is 0 Å². The zero-order valence-electron chi connectivity index (χ0n) is 22.8. The fourth-order valence-corrected chi connectivity index (χ4v) is 4.96. The summed E-state index contributed by atoms with van der Waals surface area (Å²) >= 11 is 0. The van der Waals surface area contributed by atoms with Gasteiger partial charge in [-0.1, -0.05) is 12.1 Å². The molecule has 1 aliphatic heterocycles. The Morgan fingerprint density at radius 2 is 1.97 bits per heavy atom. The van der Waals surface area contributed by atoms with Crippen molar-refractivity contribution < 1.29 is 13.9 Å². The first-order valence-corrected chi connectivity index (χ1v) is 13.2. The molecule has 1 fully saturated rings. The number of aromatic nitrogens is 4. The molecule has 1 aliphatic rings. The monoisotopic (exact) mass is 527 g/mol. The molecule has 5 aromatic rings. The molecular weight excluding hydrogens is 494 g/mol. The summed E-state index contributed by atoms with van der Waals surface area (Å²) < 4.78 is 17.6. The summed E-state index contributed by atoms with van der Waals surface area (Å²) in [6.45, 7) is 8.74. The van der Waals surface area contributed by atoms with Gasteiger partial charge in [0.2, 0.25) is 11.8 Å². The first-order valence-electron chi connectivity index (χ1n) is 13.2. The van der Waals surface area contributed by atoms with Crippen LogP contribution in [0.15, 0.2) is 47.0 Å². The Morgan fingerprint density at radius 3 is 2.74 bits per heavy atom. The molecule has 0 unspecified atom stereocenters. The largest absolute Gasteiger partial charge is 0.495 e. The number of oxazole rings is 1. The van der Waals surface area contributed by atoms with Gasteiger partial charge in [-0.05, 0) is 56.3 Å². The number of benzene rings is 2. The third-order valence-corrected chi connectivity index (χ3v) is 6.82. The number of nitrogens with zero attached hydrogens (tertiary/aromatic N) is 4. The van der Waals surface area contributed by atoms with Gasteiger partial charge in [0.1, 0.15) is 16.9 Å². The normalized spacial score (nSPS) is 14.3. The quantitative estimate of drug-likeness (QED) is 0.243. The summed E-state index contributed by atoms with van der Waals surface area (Å²) in [5, 5.41) is 7.72. The Balaban J connectivity index is 1.31. The molecule has 0 amide bonds. The maximum Gasteiger partial charge on any atom is 0.232 e. The van der Waals surface area contributed by atoms with Gasteiger partial charge in [-0.2, -0.15) is 9.97 Å². The maximum absolute atomic E-state index is 6.18. The van der Waals surface area contributed by atoms with Crippen LogP contribution in [0.2, 0.25) is 0 Å². The summed E-state index contributed by atoms with van der Waals surface area (Å²) in [6.07, 6.45) is 1.85. The van der Waals surface area contributed by atoms with Crippen LogP contribution in [-0.4, -0.2) is 64.2 Å². The lowest BCUT2D eigenvalue weighted by Gasteiger charge is -2.36. The Bertz CT molecular complexity index is 1640. The number of ether oxygens (including phenoxy) is 2. The zero-order valence-corrected chi connectivity index (χ0v) is 22.8. The van der Waals surface area contributed by atoms with Crippen molar-refractivity contribution in [3.05, 3.63) is 54.0 Å². The molecule has 1 saturated heterocycles. The van der Waals surface area contributed by atoms with Crippen molar-refractivity contribution in [1.82, 2.24) is 30.2 Å². The van der Waals surface area contributed by atoms with Crippen molar-refractivity contribution in [2.75, 3.05) is 32.6 Å². The molecule has 6 rings (SSSR count). The molecule has 3 N–H and O–H groups in total. The minimum absolute atomic E-state index is 0.0742. The Kier molecular flexibility index (Phi) is 6.58. The number of rotatable bonds is 9. The minimum atomic E-state index is -0.0742. The first kappa shape index (κ1) is 25.1. The lowest BCUT2D eigenvalue weighted by atomic mass is 10.1. The van der Waals surface area contributed by atoms with Crippen molar-refractivity contribution in [2.45, 2.75) is 39.5 Å². The summed E-state index contributed by atoms with van der Waals surface area (Å²) in [7, 11) is 3.80. The number of anilines is 2. The standard InChI is InChI=1S/C29H33N7O3/c1-16(2)38-28-26-21(19-7-9-23-25(11-19)39-17(3)32-23)13-31-27(26)34-29(35-28)33-22-8-6-18(10-24(22)37-5)12-30-20-14-36(4)15-20/h6-11,13,16,20,30H,12,14-15H2,1-5H3,(H2,31,33,34,35). The second-order valence-corrected chi connectivity index (χ2v) is 10.3. The summed E-state index contributed by atoms with van der Waals surface area (Å²) in [5.74, 6) is 2.26.